The van der Waals surface area contributed by atoms with Gasteiger partial charge in [0.2, 0.25) is 11.8 Å². The Morgan fingerprint density at radius 3 is 2.36 bits per heavy atom. The van der Waals surface area contributed by atoms with Crippen molar-refractivity contribution in [3.8, 4) is 0 Å². The zero-order chi connectivity index (χ0) is 25.6. The third-order valence-electron chi connectivity index (χ3n) is 6.91. The number of amides is 4. The van der Waals surface area contributed by atoms with Crippen molar-refractivity contribution >= 4 is 35.3 Å². The largest absolute Gasteiger partial charge is 0.468 e. The second-order valence-corrected chi connectivity index (χ2v) is 8.92. The molecular weight excluding hydrogens is 464 g/mol. The fourth-order valence-corrected chi connectivity index (χ4v) is 5.13. The van der Waals surface area contributed by atoms with Crippen molar-refractivity contribution in [2.45, 2.75) is 18.6 Å². The number of esters is 1. The summed E-state index contributed by atoms with van der Waals surface area (Å²) in [6.07, 6.45) is 1.24. The molecule has 2 aromatic rings. The van der Waals surface area contributed by atoms with E-state index < -0.39 is 53.5 Å². The molecule has 0 bridgehead atoms. The third kappa shape index (κ3) is 3.75. The van der Waals surface area contributed by atoms with Crippen LogP contribution in [0.25, 0.3) is 0 Å². The second-order valence-electron chi connectivity index (χ2n) is 8.92. The van der Waals surface area contributed by atoms with Gasteiger partial charge in [-0.05, 0) is 17.2 Å². The first kappa shape index (κ1) is 23.4. The van der Waals surface area contributed by atoms with Gasteiger partial charge in [0.05, 0.1) is 25.5 Å². The molecule has 10 heteroatoms. The molecule has 2 fully saturated rings. The Bertz CT molecular complexity index is 1310. The van der Waals surface area contributed by atoms with Crippen LogP contribution in [-0.2, 0) is 35.3 Å². The summed E-state index contributed by atoms with van der Waals surface area (Å²) in [7, 11) is 2.62. The molecule has 0 aromatic heterocycles. The van der Waals surface area contributed by atoms with Crippen molar-refractivity contribution in [2.24, 2.45) is 11.8 Å². The number of imide groups is 2. The quantitative estimate of drug-likeness (QED) is 0.455. The van der Waals surface area contributed by atoms with E-state index in [1.54, 1.807) is 24.3 Å². The minimum atomic E-state index is -0.991. The topological polar surface area (TPSA) is 125 Å². The molecule has 0 saturated carbocycles. The van der Waals surface area contributed by atoms with Gasteiger partial charge >= 0.3 is 5.97 Å². The first-order chi connectivity index (χ1) is 17.3. The highest BCUT2D eigenvalue weighted by atomic mass is 16.5. The number of hydrogen-bond acceptors (Lipinski definition) is 8. The van der Waals surface area contributed by atoms with Crippen molar-refractivity contribution < 1.29 is 28.7 Å². The van der Waals surface area contributed by atoms with Crippen LogP contribution >= 0.6 is 0 Å². The normalized spacial score (nSPS) is 25.3. The number of nitrogens with zero attached hydrogens (tertiary/aromatic N) is 2. The average Bonchev–Trinajstić information content (AvgIpc) is 3.48. The van der Waals surface area contributed by atoms with Gasteiger partial charge in [-0.25, -0.2) is 0 Å². The number of para-hydroxylation sites is 1. The van der Waals surface area contributed by atoms with Crippen LogP contribution in [0.5, 0.6) is 0 Å². The zero-order valence-electron chi connectivity index (χ0n) is 19.6. The molecule has 3 aliphatic rings. The summed E-state index contributed by atoms with van der Waals surface area (Å²) < 4.78 is 4.87. The minimum absolute atomic E-state index is 0.0911. The van der Waals surface area contributed by atoms with Gasteiger partial charge in [-0.1, -0.05) is 48.5 Å². The predicted molar refractivity (Wildman–Crippen MR) is 127 cm³/mol. The Kier molecular flexibility index (Phi) is 5.89. The van der Waals surface area contributed by atoms with Crippen LogP contribution in [0.2, 0.25) is 0 Å². The summed E-state index contributed by atoms with van der Waals surface area (Å²) in [5, 5.41) is 6.14. The van der Waals surface area contributed by atoms with Gasteiger partial charge in [-0.3, -0.25) is 39.1 Å². The van der Waals surface area contributed by atoms with E-state index in [0.717, 1.165) is 15.4 Å². The molecule has 3 aliphatic heterocycles. The van der Waals surface area contributed by atoms with Crippen molar-refractivity contribution in [3.63, 3.8) is 0 Å². The maximum absolute atomic E-state index is 13.1. The van der Waals surface area contributed by atoms with Crippen LogP contribution < -0.4 is 10.6 Å². The number of rotatable bonds is 6. The number of benzene rings is 2. The summed E-state index contributed by atoms with van der Waals surface area (Å²) in [5.41, 5.74) is 1.97. The van der Waals surface area contributed by atoms with E-state index in [1.165, 1.54) is 20.2 Å². The molecule has 3 heterocycles. The van der Waals surface area contributed by atoms with E-state index in [-0.39, 0.29) is 12.2 Å². The highest BCUT2D eigenvalue weighted by Crippen LogP contribution is 2.45. The number of ether oxygens (including phenoxy) is 1. The predicted octanol–water partition coefficient (Wildman–Crippen LogP) is 0.968. The van der Waals surface area contributed by atoms with Crippen LogP contribution in [0.4, 0.5) is 5.69 Å². The van der Waals surface area contributed by atoms with Crippen molar-refractivity contribution in [3.05, 3.63) is 77.5 Å². The molecule has 184 valence electrons. The first-order valence-corrected chi connectivity index (χ1v) is 11.4. The lowest BCUT2D eigenvalue weighted by Gasteiger charge is -2.23. The number of carbonyl (C=O) groups excluding carboxylic acids is 5. The van der Waals surface area contributed by atoms with E-state index in [2.05, 4.69) is 10.6 Å². The van der Waals surface area contributed by atoms with Crippen LogP contribution in [0.15, 0.2) is 66.4 Å². The van der Waals surface area contributed by atoms with Crippen LogP contribution in [0.1, 0.15) is 17.2 Å². The summed E-state index contributed by atoms with van der Waals surface area (Å²) >= 11 is 0. The van der Waals surface area contributed by atoms with Crippen molar-refractivity contribution in [1.82, 2.24) is 15.1 Å². The lowest BCUT2D eigenvalue weighted by molar-refractivity contribution is -0.147. The molecule has 0 spiro atoms. The average molecular weight is 489 g/mol. The smallest absolute Gasteiger partial charge is 0.323 e. The highest BCUT2D eigenvalue weighted by molar-refractivity contribution is 6.17. The van der Waals surface area contributed by atoms with Gasteiger partial charge in [-0.2, -0.15) is 0 Å². The molecule has 4 atom stereocenters. The molecule has 0 unspecified atom stereocenters. The maximum Gasteiger partial charge on any atom is 0.323 e. The van der Waals surface area contributed by atoms with Crippen LogP contribution in [-0.4, -0.2) is 59.6 Å². The van der Waals surface area contributed by atoms with E-state index >= 15 is 0 Å². The number of carbonyl (C=O) groups is 5. The lowest BCUT2D eigenvalue weighted by atomic mass is 9.86. The summed E-state index contributed by atoms with van der Waals surface area (Å²) in [6.45, 7) is 0.138. The van der Waals surface area contributed by atoms with Gasteiger partial charge in [-0.15, -0.1) is 0 Å². The number of anilines is 1. The van der Waals surface area contributed by atoms with E-state index in [1.807, 2.05) is 30.3 Å². The van der Waals surface area contributed by atoms with Crippen molar-refractivity contribution in [2.75, 3.05) is 19.5 Å². The van der Waals surface area contributed by atoms with Crippen molar-refractivity contribution in [1.29, 1.82) is 0 Å². The number of nitrogens with one attached hydrogen (secondary N) is 2. The Hall–Kier alpha value is -4.31. The molecule has 10 nitrogen and oxygen atoms in total. The fraction of sp³-hybridized carbons (Fsp3) is 0.269. The van der Waals surface area contributed by atoms with Gasteiger partial charge in [0, 0.05) is 24.9 Å². The number of fused-ring (bicyclic) bond motifs is 1. The molecule has 36 heavy (non-hydrogen) atoms. The molecule has 4 amide bonds. The Labute approximate surface area is 206 Å². The molecule has 2 saturated heterocycles. The summed E-state index contributed by atoms with van der Waals surface area (Å²) in [5.74, 6) is -4.12. The molecule has 5 rings (SSSR count). The Balaban J connectivity index is 1.43. The van der Waals surface area contributed by atoms with Gasteiger partial charge in [0.1, 0.15) is 11.7 Å². The highest BCUT2D eigenvalue weighted by Gasteiger charge is 2.60. The molecule has 0 radical (unpaired) electrons. The number of hydrogen-bond donors (Lipinski definition) is 2. The SMILES string of the molecule is COC(=O)[C@@H]1N[C@H](c2ccccc2NC2=CC(=O)N(Cc3ccccc3)C2=O)[C@@H]2C(=O)N(C)C(=O)[C@@H]21. The monoisotopic (exact) mass is 488 g/mol. The van der Waals surface area contributed by atoms with Gasteiger partial charge in [0.15, 0.2) is 0 Å². The first-order valence-electron chi connectivity index (χ1n) is 11.4. The maximum atomic E-state index is 13.1. The zero-order valence-corrected chi connectivity index (χ0v) is 19.6. The van der Waals surface area contributed by atoms with Crippen LogP contribution in [0.3, 0.4) is 0 Å². The minimum Gasteiger partial charge on any atom is -0.468 e. The Morgan fingerprint density at radius 2 is 1.64 bits per heavy atom. The van der Waals surface area contributed by atoms with Gasteiger partial charge in [0.25, 0.3) is 11.8 Å². The van der Waals surface area contributed by atoms with E-state index in [4.69, 9.17) is 4.74 Å². The molecule has 2 aromatic carbocycles. The fourth-order valence-electron chi connectivity index (χ4n) is 5.13. The number of methoxy groups -OCH3 is 1. The second kappa shape index (κ2) is 9.04. The van der Waals surface area contributed by atoms with Gasteiger partial charge < -0.3 is 10.1 Å². The van der Waals surface area contributed by atoms with E-state index in [0.29, 0.717) is 11.3 Å². The van der Waals surface area contributed by atoms with Crippen LogP contribution in [0, 0.1) is 11.8 Å². The summed E-state index contributed by atoms with van der Waals surface area (Å²) in [6, 6.07) is 14.4. The third-order valence-corrected chi connectivity index (χ3v) is 6.91. The molecule has 2 N–H and O–H groups in total. The number of likely N-dealkylation sites (tertiary alicyclic amines) is 1. The molecular formula is C26H24N4O6. The standard InChI is InChI=1S/C26H24N4O6/c1-29-24(33)19-20(25(29)34)22(26(35)36-2)28-21(19)15-10-6-7-11-16(15)27-17-12-18(31)30(23(17)32)13-14-8-4-3-5-9-14/h3-12,19-22,27-28H,13H2,1-2H3/t19-,20+,21-,22-/m1/s1. The Morgan fingerprint density at radius 1 is 0.972 bits per heavy atom. The summed E-state index contributed by atoms with van der Waals surface area (Å²) in [4.78, 5) is 66.0. The lowest BCUT2D eigenvalue weighted by Crippen LogP contribution is -2.42. The molecule has 0 aliphatic carbocycles. The van der Waals surface area contributed by atoms with E-state index in [9.17, 15) is 24.0 Å².